The second kappa shape index (κ2) is 8.97. The summed E-state index contributed by atoms with van der Waals surface area (Å²) in [5, 5.41) is 11.7. The highest BCUT2D eigenvalue weighted by Gasteiger charge is 1.91. The van der Waals surface area contributed by atoms with Gasteiger partial charge in [0.05, 0.1) is 12.7 Å². The number of rotatable bonds is 8. The molecule has 0 saturated heterocycles. The molecule has 0 fully saturated rings. The van der Waals surface area contributed by atoms with Crippen molar-refractivity contribution in [2.24, 2.45) is 0 Å². The third kappa shape index (κ3) is 9.88. The summed E-state index contributed by atoms with van der Waals surface area (Å²) in [5.41, 5.74) is 0. The van der Waals surface area contributed by atoms with Crippen LogP contribution in [0.4, 0.5) is 0 Å². The quantitative estimate of drug-likeness (QED) is 0.535. The van der Waals surface area contributed by atoms with E-state index in [9.17, 15) is 0 Å². The van der Waals surface area contributed by atoms with E-state index in [1.54, 1.807) is 0 Å². The lowest BCUT2D eigenvalue weighted by atomic mass is 10.3. The molecule has 0 aliphatic rings. The van der Waals surface area contributed by atoms with Crippen molar-refractivity contribution >= 4 is 0 Å². The fourth-order valence-electron chi connectivity index (χ4n) is 0.854. The van der Waals surface area contributed by atoms with Gasteiger partial charge in [-0.25, -0.2) is 0 Å². The largest absolute Gasteiger partial charge is 0.396 e. The summed E-state index contributed by atoms with van der Waals surface area (Å²) in [6, 6.07) is 0. The lowest BCUT2D eigenvalue weighted by Crippen LogP contribution is -2.22. The molecule has 3 nitrogen and oxygen atoms in total. The van der Waals surface area contributed by atoms with Gasteiger partial charge in [0.2, 0.25) is 0 Å². The fourth-order valence-corrected chi connectivity index (χ4v) is 0.854. The number of hydrogen-bond acceptors (Lipinski definition) is 3. The first-order valence-electron chi connectivity index (χ1n) is 4.70. The average molecular weight is 175 g/mol. The van der Waals surface area contributed by atoms with E-state index < -0.39 is 0 Å². The SMILES string of the molecule is CC(C)OCCNCCCCO. The topological polar surface area (TPSA) is 41.5 Å². The van der Waals surface area contributed by atoms with E-state index in [4.69, 9.17) is 9.84 Å². The van der Waals surface area contributed by atoms with Gasteiger partial charge in [-0.15, -0.1) is 0 Å². The van der Waals surface area contributed by atoms with Crippen LogP contribution in [0.3, 0.4) is 0 Å². The lowest BCUT2D eigenvalue weighted by Gasteiger charge is -2.07. The van der Waals surface area contributed by atoms with E-state index in [1.807, 2.05) is 13.8 Å². The number of ether oxygens (including phenoxy) is 1. The number of aliphatic hydroxyl groups excluding tert-OH is 1. The fraction of sp³-hybridized carbons (Fsp3) is 1.00. The van der Waals surface area contributed by atoms with Crippen molar-refractivity contribution in [3.63, 3.8) is 0 Å². The number of hydrogen-bond donors (Lipinski definition) is 2. The Hall–Kier alpha value is -0.120. The van der Waals surface area contributed by atoms with Crippen LogP contribution >= 0.6 is 0 Å². The maximum atomic E-state index is 8.49. The van der Waals surface area contributed by atoms with Crippen LogP contribution in [0.5, 0.6) is 0 Å². The molecule has 0 aliphatic heterocycles. The van der Waals surface area contributed by atoms with Gasteiger partial charge in [0.25, 0.3) is 0 Å². The minimum absolute atomic E-state index is 0.296. The van der Waals surface area contributed by atoms with E-state index in [1.165, 1.54) is 0 Å². The third-order valence-electron chi connectivity index (χ3n) is 1.49. The van der Waals surface area contributed by atoms with Crippen molar-refractivity contribution < 1.29 is 9.84 Å². The molecule has 0 aromatic carbocycles. The van der Waals surface area contributed by atoms with Gasteiger partial charge in [-0.1, -0.05) is 0 Å². The van der Waals surface area contributed by atoms with Crippen molar-refractivity contribution in [3.05, 3.63) is 0 Å². The molecule has 0 spiro atoms. The first-order valence-corrected chi connectivity index (χ1v) is 4.70. The Morgan fingerprint density at radius 1 is 1.25 bits per heavy atom. The highest BCUT2D eigenvalue weighted by atomic mass is 16.5. The highest BCUT2D eigenvalue weighted by molar-refractivity contribution is 4.47. The molecular weight excluding hydrogens is 154 g/mol. The zero-order valence-corrected chi connectivity index (χ0v) is 8.18. The Bertz CT molecular complexity index is 86.6. The molecule has 0 bridgehead atoms. The minimum atomic E-state index is 0.296. The van der Waals surface area contributed by atoms with Crippen molar-refractivity contribution in [2.45, 2.75) is 32.8 Å². The molecule has 0 aromatic rings. The van der Waals surface area contributed by atoms with Gasteiger partial charge in [-0.2, -0.15) is 0 Å². The summed E-state index contributed by atoms with van der Waals surface area (Å²) in [4.78, 5) is 0. The summed E-state index contributed by atoms with van der Waals surface area (Å²) in [5.74, 6) is 0. The molecule has 0 amide bonds. The highest BCUT2D eigenvalue weighted by Crippen LogP contribution is 1.86. The Labute approximate surface area is 75.1 Å². The van der Waals surface area contributed by atoms with Crippen LogP contribution in [-0.4, -0.2) is 37.5 Å². The van der Waals surface area contributed by atoms with Crippen LogP contribution in [0.25, 0.3) is 0 Å². The molecule has 0 radical (unpaired) electrons. The Morgan fingerprint density at radius 2 is 2.00 bits per heavy atom. The van der Waals surface area contributed by atoms with Gasteiger partial charge in [-0.3, -0.25) is 0 Å². The van der Waals surface area contributed by atoms with E-state index >= 15 is 0 Å². The summed E-state index contributed by atoms with van der Waals surface area (Å²) in [6.45, 7) is 7.02. The molecule has 3 heteroatoms. The maximum absolute atomic E-state index is 8.49. The monoisotopic (exact) mass is 175 g/mol. The van der Waals surface area contributed by atoms with Gasteiger partial charge in [0.1, 0.15) is 0 Å². The standard InChI is InChI=1S/C9H21NO2/c1-9(2)12-8-6-10-5-3-4-7-11/h9-11H,3-8H2,1-2H3. The van der Waals surface area contributed by atoms with Crippen LogP contribution < -0.4 is 5.32 Å². The zero-order chi connectivity index (χ0) is 9.23. The zero-order valence-electron chi connectivity index (χ0n) is 8.18. The molecule has 0 atom stereocenters. The Balaban J connectivity index is 2.82. The molecule has 0 rings (SSSR count). The molecular formula is C9H21NO2. The van der Waals surface area contributed by atoms with E-state index in [0.29, 0.717) is 12.7 Å². The van der Waals surface area contributed by atoms with Gasteiger partial charge in [0, 0.05) is 13.2 Å². The Kier molecular flexibility index (Phi) is 8.88. The molecule has 2 N–H and O–H groups in total. The van der Waals surface area contributed by atoms with Gasteiger partial charge >= 0.3 is 0 Å². The molecule has 0 aliphatic carbocycles. The van der Waals surface area contributed by atoms with Crippen LogP contribution in [-0.2, 0) is 4.74 Å². The molecule has 12 heavy (non-hydrogen) atoms. The number of aliphatic hydroxyl groups is 1. The van der Waals surface area contributed by atoms with E-state index in [0.717, 1.165) is 32.5 Å². The molecule has 0 aromatic heterocycles. The van der Waals surface area contributed by atoms with Crippen LogP contribution in [0.15, 0.2) is 0 Å². The molecule has 0 unspecified atom stereocenters. The third-order valence-corrected chi connectivity index (χ3v) is 1.49. The Morgan fingerprint density at radius 3 is 2.58 bits per heavy atom. The van der Waals surface area contributed by atoms with Crippen LogP contribution in [0.2, 0.25) is 0 Å². The average Bonchev–Trinajstić information content (AvgIpc) is 2.02. The second-order valence-corrected chi connectivity index (χ2v) is 3.10. The summed E-state index contributed by atoms with van der Waals surface area (Å²) in [6.07, 6.45) is 2.25. The van der Waals surface area contributed by atoms with E-state index in [-0.39, 0.29) is 0 Å². The number of nitrogens with one attached hydrogen (secondary N) is 1. The van der Waals surface area contributed by atoms with Crippen molar-refractivity contribution in [2.75, 3.05) is 26.3 Å². The smallest absolute Gasteiger partial charge is 0.0594 e. The first-order chi connectivity index (χ1) is 5.77. The predicted octanol–water partition coefficient (Wildman–Crippen LogP) is 0.773. The van der Waals surface area contributed by atoms with Gasteiger partial charge in [-0.05, 0) is 33.2 Å². The van der Waals surface area contributed by atoms with Crippen LogP contribution in [0.1, 0.15) is 26.7 Å². The number of unbranched alkanes of at least 4 members (excludes halogenated alkanes) is 1. The summed E-state index contributed by atoms with van der Waals surface area (Å²) >= 11 is 0. The van der Waals surface area contributed by atoms with Crippen molar-refractivity contribution in [3.8, 4) is 0 Å². The second-order valence-electron chi connectivity index (χ2n) is 3.10. The van der Waals surface area contributed by atoms with Gasteiger partial charge < -0.3 is 15.2 Å². The lowest BCUT2D eigenvalue weighted by molar-refractivity contribution is 0.0808. The summed E-state index contributed by atoms with van der Waals surface area (Å²) in [7, 11) is 0. The molecule has 74 valence electrons. The molecule has 0 saturated carbocycles. The normalized spacial score (nSPS) is 11.0. The summed E-state index contributed by atoms with van der Waals surface area (Å²) < 4.78 is 5.34. The van der Waals surface area contributed by atoms with Crippen LogP contribution in [0, 0.1) is 0 Å². The predicted molar refractivity (Wildman–Crippen MR) is 50.3 cm³/mol. The molecule has 0 heterocycles. The van der Waals surface area contributed by atoms with E-state index in [2.05, 4.69) is 5.32 Å². The van der Waals surface area contributed by atoms with Crippen molar-refractivity contribution in [1.82, 2.24) is 5.32 Å². The van der Waals surface area contributed by atoms with Crippen molar-refractivity contribution in [1.29, 1.82) is 0 Å². The van der Waals surface area contributed by atoms with Gasteiger partial charge in [0.15, 0.2) is 0 Å². The maximum Gasteiger partial charge on any atom is 0.0594 e. The first kappa shape index (κ1) is 11.9. The minimum Gasteiger partial charge on any atom is -0.396 e.